The number of carbonyl (C=O) groups excluding carboxylic acids is 2. The number of H-pyrrole nitrogens is 1. The normalized spacial score (nSPS) is 12.1. The summed E-state index contributed by atoms with van der Waals surface area (Å²) in [7, 11) is 3.16. The topological polar surface area (TPSA) is 89.0 Å². The fourth-order valence-electron chi connectivity index (χ4n) is 2.98. The summed E-state index contributed by atoms with van der Waals surface area (Å²) in [6.07, 6.45) is 6.69. The zero-order valence-corrected chi connectivity index (χ0v) is 14.9. The van der Waals surface area contributed by atoms with Gasteiger partial charge in [-0.2, -0.15) is 5.10 Å². The lowest BCUT2D eigenvalue weighted by Gasteiger charge is -2.16. The summed E-state index contributed by atoms with van der Waals surface area (Å²) in [5.74, 6) is -0.644. The van der Waals surface area contributed by atoms with E-state index in [0.29, 0.717) is 12.8 Å². The Morgan fingerprint density at radius 1 is 1.35 bits per heavy atom. The molecule has 7 nitrogen and oxygen atoms in total. The van der Waals surface area contributed by atoms with Gasteiger partial charge < -0.3 is 15.0 Å². The van der Waals surface area contributed by atoms with E-state index in [-0.39, 0.29) is 12.3 Å². The van der Waals surface area contributed by atoms with E-state index >= 15 is 0 Å². The molecule has 0 fully saturated rings. The predicted octanol–water partition coefficient (Wildman–Crippen LogP) is 1.73. The number of amides is 1. The first-order valence-corrected chi connectivity index (χ1v) is 8.46. The molecule has 0 bridgehead atoms. The summed E-state index contributed by atoms with van der Waals surface area (Å²) < 4.78 is 6.56. The van der Waals surface area contributed by atoms with E-state index in [1.54, 1.807) is 10.9 Å². The summed E-state index contributed by atoms with van der Waals surface area (Å²) in [6.45, 7) is 0. The van der Waals surface area contributed by atoms with Crippen molar-refractivity contribution in [2.75, 3.05) is 7.11 Å². The number of benzene rings is 1. The molecule has 2 aromatic heterocycles. The Kier molecular flexibility index (Phi) is 5.36. The van der Waals surface area contributed by atoms with Crippen LogP contribution in [0.4, 0.5) is 0 Å². The second-order valence-electron chi connectivity index (χ2n) is 6.23. The SMILES string of the molecule is COC(=O)[C@@H](Cc1c[nH]c2ccccc12)NC(=O)CCc1cnn(C)c1. The van der Waals surface area contributed by atoms with Crippen LogP contribution in [-0.2, 0) is 34.2 Å². The first-order chi connectivity index (χ1) is 12.6. The van der Waals surface area contributed by atoms with Gasteiger partial charge in [0, 0.05) is 43.2 Å². The number of para-hydroxylation sites is 1. The molecule has 2 N–H and O–H groups in total. The number of rotatable bonds is 7. The van der Waals surface area contributed by atoms with Crippen LogP contribution < -0.4 is 5.32 Å². The molecule has 1 amide bonds. The van der Waals surface area contributed by atoms with Crippen LogP contribution in [0.1, 0.15) is 17.5 Å². The molecule has 0 aliphatic carbocycles. The van der Waals surface area contributed by atoms with E-state index in [4.69, 9.17) is 4.74 Å². The molecule has 3 rings (SSSR count). The van der Waals surface area contributed by atoms with E-state index in [0.717, 1.165) is 22.0 Å². The van der Waals surface area contributed by atoms with E-state index in [1.165, 1.54) is 7.11 Å². The number of esters is 1. The molecule has 0 saturated carbocycles. The van der Waals surface area contributed by atoms with Crippen molar-refractivity contribution in [1.29, 1.82) is 0 Å². The minimum absolute atomic E-state index is 0.191. The summed E-state index contributed by atoms with van der Waals surface area (Å²) in [4.78, 5) is 27.6. The highest BCUT2D eigenvalue weighted by Crippen LogP contribution is 2.19. The van der Waals surface area contributed by atoms with Gasteiger partial charge in [0.2, 0.25) is 5.91 Å². The van der Waals surface area contributed by atoms with Crippen LogP contribution in [0.2, 0.25) is 0 Å². The molecule has 0 saturated heterocycles. The van der Waals surface area contributed by atoms with Gasteiger partial charge >= 0.3 is 5.97 Å². The molecule has 136 valence electrons. The van der Waals surface area contributed by atoms with Crippen LogP contribution in [0.3, 0.4) is 0 Å². The van der Waals surface area contributed by atoms with Gasteiger partial charge in [0.1, 0.15) is 6.04 Å². The Morgan fingerprint density at radius 2 is 2.15 bits per heavy atom. The highest BCUT2D eigenvalue weighted by Gasteiger charge is 2.23. The van der Waals surface area contributed by atoms with Gasteiger partial charge in [0.15, 0.2) is 0 Å². The number of hydrogen-bond donors (Lipinski definition) is 2. The fraction of sp³-hybridized carbons (Fsp3) is 0.316. The molecule has 7 heteroatoms. The maximum Gasteiger partial charge on any atom is 0.328 e. The van der Waals surface area contributed by atoms with Crippen LogP contribution in [0.15, 0.2) is 42.9 Å². The lowest BCUT2D eigenvalue weighted by atomic mass is 10.0. The number of nitrogens with one attached hydrogen (secondary N) is 2. The zero-order chi connectivity index (χ0) is 18.5. The number of aromatic amines is 1. The summed E-state index contributed by atoms with van der Waals surface area (Å²) in [6, 6.07) is 7.12. The van der Waals surface area contributed by atoms with Gasteiger partial charge in [0.25, 0.3) is 0 Å². The maximum absolute atomic E-state index is 12.3. The maximum atomic E-state index is 12.3. The molecular formula is C19H22N4O3. The highest BCUT2D eigenvalue weighted by molar-refractivity contribution is 5.87. The van der Waals surface area contributed by atoms with Crippen molar-refractivity contribution < 1.29 is 14.3 Å². The van der Waals surface area contributed by atoms with Crippen LogP contribution >= 0.6 is 0 Å². The molecule has 0 spiro atoms. The van der Waals surface area contributed by atoms with Crippen molar-refractivity contribution in [3.63, 3.8) is 0 Å². The van der Waals surface area contributed by atoms with Gasteiger partial charge in [-0.3, -0.25) is 9.48 Å². The minimum Gasteiger partial charge on any atom is -0.467 e. The number of nitrogens with zero attached hydrogens (tertiary/aromatic N) is 2. The summed E-state index contributed by atoms with van der Waals surface area (Å²) in [5, 5.41) is 7.91. The molecule has 1 aromatic carbocycles. The first kappa shape index (κ1) is 17.7. The second-order valence-corrected chi connectivity index (χ2v) is 6.23. The van der Waals surface area contributed by atoms with Gasteiger partial charge in [-0.25, -0.2) is 4.79 Å². The fourth-order valence-corrected chi connectivity index (χ4v) is 2.98. The van der Waals surface area contributed by atoms with E-state index < -0.39 is 12.0 Å². The van der Waals surface area contributed by atoms with E-state index in [9.17, 15) is 9.59 Å². The zero-order valence-electron chi connectivity index (χ0n) is 14.9. The van der Waals surface area contributed by atoms with Crippen molar-refractivity contribution in [3.8, 4) is 0 Å². The molecular weight excluding hydrogens is 332 g/mol. The number of aromatic nitrogens is 3. The van der Waals surface area contributed by atoms with Crippen LogP contribution in [0, 0.1) is 0 Å². The van der Waals surface area contributed by atoms with Crippen LogP contribution in [0.5, 0.6) is 0 Å². The number of fused-ring (bicyclic) bond motifs is 1. The number of ether oxygens (including phenoxy) is 1. The van der Waals surface area contributed by atoms with Gasteiger partial charge in [-0.05, 0) is 23.6 Å². The minimum atomic E-state index is -0.722. The molecule has 1 atom stereocenters. The van der Waals surface area contributed by atoms with Crippen molar-refractivity contribution in [1.82, 2.24) is 20.1 Å². The van der Waals surface area contributed by atoms with Gasteiger partial charge in [-0.1, -0.05) is 18.2 Å². The molecule has 0 aliphatic heterocycles. The summed E-state index contributed by atoms with van der Waals surface area (Å²) in [5.41, 5.74) is 2.94. The Morgan fingerprint density at radius 3 is 2.88 bits per heavy atom. The molecule has 0 aliphatic rings. The van der Waals surface area contributed by atoms with Crippen molar-refractivity contribution in [3.05, 3.63) is 54.0 Å². The third kappa shape index (κ3) is 4.11. The quantitative estimate of drug-likeness (QED) is 0.633. The number of carbonyl (C=O) groups is 2. The Hall–Kier alpha value is -3.09. The summed E-state index contributed by atoms with van der Waals surface area (Å²) >= 11 is 0. The smallest absolute Gasteiger partial charge is 0.328 e. The van der Waals surface area contributed by atoms with Crippen LogP contribution in [-0.4, -0.2) is 39.8 Å². The lowest BCUT2D eigenvalue weighted by Crippen LogP contribution is -2.43. The average molecular weight is 354 g/mol. The lowest BCUT2D eigenvalue weighted by molar-refractivity contribution is -0.145. The van der Waals surface area contributed by atoms with Gasteiger partial charge in [-0.15, -0.1) is 0 Å². The molecule has 26 heavy (non-hydrogen) atoms. The van der Waals surface area contributed by atoms with E-state index in [2.05, 4.69) is 15.4 Å². The largest absolute Gasteiger partial charge is 0.467 e. The number of hydrogen-bond acceptors (Lipinski definition) is 4. The Bertz CT molecular complexity index is 912. The molecule has 2 heterocycles. The Labute approximate surface area is 151 Å². The van der Waals surface area contributed by atoms with Crippen molar-refractivity contribution >= 4 is 22.8 Å². The van der Waals surface area contributed by atoms with Crippen molar-refractivity contribution in [2.45, 2.75) is 25.3 Å². The Balaban J connectivity index is 1.66. The standard InChI is InChI=1S/C19H22N4O3/c1-23-12-13(10-21-23)7-8-18(24)22-17(19(25)26-2)9-14-11-20-16-6-4-3-5-15(14)16/h3-6,10-12,17,20H,7-9H2,1-2H3,(H,22,24)/t17-/m1/s1. The van der Waals surface area contributed by atoms with Crippen molar-refractivity contribution in [2.24, 2.45) is 7.05 Å². The highest BCUT2D eigenvalue weighted by atomic mass is 16.5. The third-order valence-corrected chi connectivity index (χ3v) is 4.32. The molecule has 0 radical (unpaired) electrons. The van der Waals surface area contributed by atoms with E-state index in [1.807, 2.05) is 43.7 Å². The predicted molar refractivity (Wildman–Crippen MR) is 97.5 cm³/mol. The van der Waals surface area contributed by atoms with Gasteiger partial charge in [0.05, 0.1) is 13.3 Å². The average Bonchev–Trinajstić information content (AvgIpc) is 3.25. The monoisotopic (exact) mass is 354 g/mol. The number of methoxy groups -OCH3 is 1. The number of aryl methyl sites for hydroxylation is 2. The molecule has 0 unspecified atom stereocenters. The van der Waals surface area contributed by atoms with Crippen LogP contribution in [0.25, 0.3) is 10.9 Å². The third-order valence-electron chi connectivity index (χ3n) is 4.32. The second kappa shape index (κ2) is 7.86. The molecule has 3 aromatic rings. The first-order valence-electron chi connectivity index (χ1n) is 8.46.